The van der Waals surface area contributed by atoms with Gasteiger partial charge in [-0.15, -0.1) is 0 Å². The Morgan fingerprint density at radius 2 is 1.83 bits per heavy atom. The Balaban J connectivity index is 1.46. The van der Waals surface area contributed by atoms with Crippen molar-refractivity contribution in [3.05, 3.63) is 72.4 Å². The lowest BCUT2D eigenvalue weighted by Crippen LogP contribution is -2.46. The van der Waals surface area contributed by atoms with Gasteiger partial charge in [0.25, 0.3) is 11.8 Å². The number of aliphatic hydroxyl groups is 1. The van der Waals surface area contributed by atoms with Gasteiger partial charge in [-0.2, -0.15) is 0 Å². The summed E-state index contributed by atoms with van der Waals surface area (Å²) in [4.78, 5) is 35.4. The predicted octanol–water partition coefficient (Wildman–Crippen LogP) is 1.63. The highest BCUT2D eigenvalue weighted by molar-refractivity contribution is 6.09. The summed E-state index contributed by atoms with van der Waals surface area (Å²) in [5.74, 6) is -0.739. The first-order valence-corrected chi connectivity index (χ1v) is 9.11. The van der Waals surface area contributed by atoms with Crippen LogP contribution in [0, 0.1) is 0 Å². The molecule has 29 heavy (non-hydrogen) atoms. The fraction of sp³-hybridized carbons (Fsp3) is 0.143. The summed E-state index contributed by atoms with van der Waals surface area (Å²) in [6.07, 6.45) is 4.12. The van der Waals surface area contributed by atoms with Gasteiger partial charge in [-0.1, -0.05) is 30.3 Å². The quantitative estimate of drug-likeness (QED) is 0.400. The van der Waals surface area contributed by atoms with E-state index in [0.29, 0.717) is 11.3 Å². The van der Waals surface area contributed by atoms with E-state index < -0.39 is 6.04 Å². The van der Waals surface area contributed by atoms with E-state index in [1.165, 1.54) is 18.7 Å². The van der Waals surface area contributed by atoms with Crippen LogP contribution in [-0.4, -0.2) is 51.1 Å². The number of benzene rings is 2. The van der Waals surface area contributed by atoms with Crippen molar-refractivity contribution in [1.29, 1.82) is 0 Å². The number of carbonyl (C=O) groups is 2. The molecule has 0 fully saturated rings. The van der Waals surface area contributed by atoms with Crippen molar-refractivity contribution in [2.75, 3.05) is 13.2 Å². The van der Waals surface area contributed by atoms with Crippen LogP contribution in [0.2, 0.25) is 0 Å². The van der Waals surface area contributed by atoms with Crippen LogP contribution in [0.3, 0.4) is 0 Å². The zero-order valence-corrected chi connectivity index (χ0v) is 15.4. The van der Waals surface area contributed by atoms with Crippen LogP contribution in [0.1, 0.15) is 20.8 Å². The molecule has 8 nitrogen and oxygen atoms in total. The number of amides is 2. The van der Waals surface area contributed by atoms with Crippen molar-refractivity contribution < 1.29 is 14.7 Å². The second-order valence-corrected chi connectivity index (χ2v) is 6.62. The van der Waals surface area contributed by atoms with E-state index in [-0.39, 0.29) is 25.0 Å². The molecule has 4 rings (SSSR count). The van der Waals surface area contributed by atoms with Gasteiger partial charge in [0, 0.05) is 29.8 Å². The van der Waals surface area contributed by atoms with Gasteiger partial charge in [0.2, 0.25) is 0 Å². The van der Waals surface area contributed by atoms with Crippen molar-refractivity contribution in [2.45, 2.75) is 6.04 Å². The molecule has 0 bridgehead atoms. The number of nitrogens with one attached hydrogen (secondary N) is 3. The molecule has 0 unspecified atom stereocenters. The number of carbonyl (C=O) groups excluding carboxylic acids is 2. The highest BCUT2D eigenvalue weighted by atomic mass is 16.3. The number of aromatic amines is 1. The number of fused-ring (bicyclic) bond motifs is 3. The van der Waals surface area contributed by atoms with Gasteiger partial charge in [0.05, 0.1) is 18.2 Å². The van der Waals surface area contributed by atoms with Crippen LogP contribution in [0.4, 0.5) is 0 Å². The average molecular weight is 389 g/mol. The van der Waals surface area contributed by atoms with E-state index >= 15 is 0 Å². The fourth-order valence-corrected chi connectivity index (χ4v) is 3.17. The maximum atomic E-state index is 12.6. The molecule has 0 radical (unpaired) electrons. The summed E-state index contributed by atoms with van der Waals surface area (Å²) < 4.78 is 0. The molecule has 4 aromatic rings. The van der Waals surface area contributed by atoms with Crippen LogP contribution in [0.15, 0.2) is 61.2 Å². The smallest absolute Gasteiger partial charge is 0.268 e. The molecule has 0 saturated carbocycles. The maximum Gasteiger partial charge on any atom is 0.268 e. The molecular weight excluding hydrogens is 370 g/mol. The first kappa shape index (κ1) is 18.6. The minimum atomic E-state index is -0.640. The standard InChI is InChI=1S/C21H19N5O3/c27-11-15(10-24-20(28)14-8-22-12-23-9-14)25-21(29)19-7-17-16-4-2-1-3-13(16)5-6-18(17)26-19/h1-9,12,15,26-27H,10-11H2,(H,24,28)(H,25,29)/t15-/m1/s1. The monoisotopic (exact) mass is 389 g/mol. The lowest BCUT2D eigenvalue weighted by Gasteiger charge is -2.16. The van der Waals surface area contributed by atoms with Crippen molar-refractivity contribution >= 4 is 33.5 Å². The molecular formula is C21H19N5O3. The molecule has 2 heterocycles. The van der Waals surface area contributed by atoms with E-state index in [0.717, 1.165) is 21.7 Å². The van der Waals surface area contributed by atoms with Gasteiger partial charge >= 0.3 is 0 Å². The van der Waals surface area contributed by atoms with Crippen LogP contribution < -0.4 is 10.6 Å². The van der Waals surface area contributed by atoms with Gasteiger partial charge in [0.1, 0.15) is 12.0 Å². The molecule has 4 N–H and O–H groups in total. The summed E-state index contributed by atoms with van der Waals surface area (Å²) in [6.45, 7) is -0.250. The molecule has 0 aliphatic carbocycles. The van der Waals surface area contributed by atoms with Crippen molar-refractivity contribution in [3.63, 3.8) is 0 Å². The molecule has 8 heteroatoms. The molecule has 2 aromatic carbocycles. The van der Waals surface area contributed by atoms with E-state index in [1.54, 1.807) is 6.07 Å². The minimum Gasteiger partial charge on any atom is -0.394 e. The van der Waals surface area contributed by atoms with Crippen LogP contribution in [0.25, 0.3) is 21.7 Å². The van der Waals surface area contributed by atoms with Crippen molar-refractivity contribution in [1.82, 2.24) is 25.6 Å². The van der Waals surface area contributed by atoms with Crippen LogP contribution in [-0.2, 0) is 0 Å². The number of hydrogen-bond acceptors (Lipinski definition) is 5. The first-order valence-electron chi connectivity index (χ1n) is 9.11. The summed E-state index contributed by atoms with van der Waals surface area (Å²) >= 11 is 0. The predicted molar refractivity (Wildman–Crippen MR) is 109 cm³/mol. The Kier molecular flexibility index (Phi) is 5.17. The summed E-state index contributed by atoms with van der Waals surface area (Å²) in [5.41, 5.74) is 1.54. The topological polar surface area (TPSA) is 120 Å². The van der Waals surface area contributed by atoms with Gasteiger partial charge < -0.3 is 20.7 Å². The Bertz CT molecular complexity index is 1170. The second-order valence-electron chi connectivity index (χ2n) is 6.62. The number of rotatable bonds is 6. The molecule has 1 atom stereocenters. The van der Waals surface area contributed by atoms with E-state index in [9.17, 15) is 14.7 Å². The normalized spacial score (nSPS) is 12.0. The Morgan fingerprint density at radius 3 is 2.62 bits per heavy atom. The first-order chi connectivity index (χ1) is 14.2. The lowest BCUT2D eigenvalue weighted by molar-refractivity contribution is 0.0884. The Hall–Kier alpha value is -3.78. The number of hydrogen-bond donors (Lipinski definition) is 4. The van der Waals surface area contributed by atoms with Gasteiger partial charge in [0.15, 0.2) is 0 Å². The van der Waals surface area contributed by atoms with Crippen LogP contribution >= 0.6 is 0 Å². The average Bonchev–Trinajstić information content (AvgIpc) is 3.22. The molecule has 146 valence electrons. The van der Waals surface area contributed by atoms with E-state index in [1.807, 2.05) is 36.4 Å². The second kappa shape index (κ2) is 8.07. The highest BCUT2D eigenvalue weighted by Crippen LogP contribution is 2.25. The third-order valence-corrected chi connectivity index (χ3v) is 4.66. The summed E-state index contributed by atoms with van der Waals surface area (Å²) in [6, 6.07) is 13.0. The minimum absolute atomic E-state index is 0.0686. The van der Waals surface area contributed by atoms with Crippen molar-refractivity contribution in [2.24, 2.45) is 0 Å². The number of aliphatic hydroxyl groups excluding tert-OH is 1. The number of aromatic nitrogens is 3. The third-order valence-electron chi connectivity index (χ3n) is 4.66. The van der Waals surface area contributed by atoms with Gasteiger partial charge in [-0.25, -0.2) is 9.97 Å². The molecule has 2 aromatic heterocycles. The van der Waals surface area contributed by atoms with Crippen molar-refractivity contribution in [3.8, 4) is 0 Å². The summed E-state index contributed by atoms with van der Waals surface area (Å²) in [7, 11) is 0. The fourth-order valence-electron chi connectivity index (χ4n) is 3.17. The zero-order valence-electron chi connectivity index (χ0n) is 15.4. The maximum absolute atomic E-state index is 12.6. The third kappa shape index (κ3) is 3.92. The zero-order chi connectivity index (χ0) is 20.2. The summed E-state index contributed by atoms with van der Waals surface area (Å²) in [5, 5.41) is 18.1. The molecule has 2 amide bonds. The number of H-pyrrole nitrogens is 1. The van der Waals surface area contributed by atoms with E-state index in [2.05, 4.69) is 25.6 Å². The molecule has 0 aliphatic heterocycles. The highest BCUT2D eigenvalue weighted by Gasteiger charge is 2.17. The molecule has 0 aliphatic rings. The van der Waals surface area contributed by atoms with E-state index in [4.69, 9.17) is 0 Å². The largest absolute Gasteiger partial charge is 0.394 e. The van der Waals surface area contributed by atoms with Gasteiger partial charge in [-0.05, 0) is 22.9 Å². The lowest BCUT2D eigenvalue weighted by atomic mass is 10.1. The van der Waals surface area contributed by atoms with Crippen LogP contribution in [0.5, 0.6) is 0 Å². The molecule has 0 saturated heterocycles. The number of nitrogens with zero attached hydrogens (tertiary/aromatic N) is 2. The van der Waals surface area contributed by atoms with Gasteiger partial charge in [-0.3, -0.25) is 9.59 Å². The molecule has 0 spiro atoms. The Labute approximate surface area is 166 Å². The Morgan fingerprint density at radius 1 is 1.03 bits per heavy atom. The SMILES string of the molecule is O=C(NC[C@H](CO)NC(=O)c1cc2c(ccc3ccccc32)[nH]1)c1cncnc1.